The van der Waals surface area contributed by atoms with E-state index in [4.69, 9.17) is 18.9 Å². The predicted octanol–water partition coefficient (Wildman–Crippen LogP) is 0.672. The molecule has 1 saturated heterocycles. The van der Waals surface area contributed by atoms with Crippen LogP contribution in [0.2, 0.25) is 0 Å². The van der Waals surface area contributed by atoms with Crippen LogP contribution in [0.3, 0.4) is 0 Å². The molecular weight excluding hydrogens is 326 g/mol. The SMILES string of the molecule is CC(=O)OCC1O[C@@H]2SC(C)=N[C@@H]2[C@@H](OC(C)=O)[C@@H]1OC(C)=O. The van der Waals surface area contributed by atoms with Gasteiger partial charge in [-0.25, -0.2) is 0 Å². The molecule has 0 radical (unpaired) electrons. The van der Waals surface area contributed by atoms with E-state index in [0.29, 0.717) is 0 Å². The first-order valence-electron chi connectivity index (χ1n) is 7.12. The summed E-state index contributed by atoms with van der Waals surface area (Å²) in [6.45, 7) is 5.51. The summed E-state index contributed by atoms with van der Waals surface area (Å²) in [7, 11) is 0. The van der Waals surface area contributed by atoms with Gasteiger partial charge in [-0.15, -0.1) is 0 Å². The quantitative estimate of drug-likeness (QED) is 0.541. The summed E-state index contributed by atoms with van der Waals surface area (Å²) < 4.78 is 21.5. The summed E-state index contributed by atoms with van der Waals surface area (Å²) >= 11 is 1.39. The Kier molecular flexibility index (Phi) is 5.64. The van der Waals surface area contributed by atoms with Crippen LogP contribution in [0.4, 0.5) is 0 Å². The van der Waals surface area contributed by atoms with Gasteiger partial charge in [0.1, 0.15) is 24.2 Å². The number of nitrogens with zero attached hydrogens (tertiary/aromatic N) is 1. The summed E-state index contributed by atoms with van der Waals surface area (Å²) in [6, 6.07) is -0.471. The van der Waals surface area contributed by atoms with Crippen molar-refractivity contribution in [2.45, 2.75) is 57.5 Å². The zero-order chi connectivity index (χ0) is 17.1. The molecular formula is C14H19NO7S. The number of hydrogen-bond donors (Lipinski definition) is 0. The smallest absolute Gasteiger partial charge is 0.303 e. The first-order valence-corrected chi connectivity index (χ1v) is 8.00. The summed E-state index contributed by atoms with van der Waals surface area (Å²) in [5, 5.41) is 0.784. The van der Waals surface area contributed by atoms with Gasteiger partial charge in [0, 0.05) is 20.8 Å². The highest BCUT2D eigenvalue weighted by Crippen LogP contribution is 2.38. The van der Waals surface area contributed by atoms with Crippen molar-refractivity contribution in [2.75, 3.05) is 6.61 Å². The molecule has 2 rings (SSSR count). The number of esters is 3. The monoisotopic (exact) mass is 345 g/mol. The van der Waals surface area contributed by atoms with Gasteiger partial charge in [0.25, 0.3) is 0 Å². The van der Waals surface area contributed by atoms with Crippen LogP contribution in [-0.4, -0.2) is 59.3 Å². The average molecular weight is 345 g/mol. The van der Waals surface area contributed by atoms with Crippen molar-refractivity contribution in [3.8, 4) is 0 Å². The van der Waals surface area contributed by atoms with Crippen molar-refractivity contribution >= 4 is 34.7 Å². The Labute approximate surface area is 137 Å². The van der Waals surface area contributed by atoms with E-state index in [1.54, 1.807) is 0 Å². The van der Waals surface area contributed by atoms with Crippen LogP contribution in [0.25, 0.3) is 0 Å². The van der Waals surface area contributed by atoms with Crippen molar-refractivity contribution in [3.63, 3.8) is 0 Å². The molecule has 0 aromatic carbocycles. The molecule has 0 aromatic heterocycles. The number of fused-ring (bicyclic) bond motifs is 1. The molecule has 9 heteroatoms. The number of carbonyl (C=O) groups is 3. The molecule has 0 bridgehead atoms. The van der Waals surface area contributed by atoms with Gasteiger partial charge in [-0.2, -0.15) is 0 Å². The second-order valence-corrected chi connectivity index (χ2v) is 6.54. The Bertz CT molecular complexity index is 535. The van der Waals surface area contributed by atoms with Crippen LogP contribution in [0.1, 0.15) is 27.7 Å². The van der Waals surface area contributed by atoms with Crippen LogP contribution in [0.5, 0.6) is 0 Å². The molecule has 0 aliphatic carbocycles. The zero-order valence-electron chi connectivity index (χ0n) is 13.3. The number of rotatable bonds is 4. The lowest BCUT2D eigenvalue weighted by molar-refractivity contribution is -0.208. The fourth-order valence-electron chi connectivity index (χ4n) is 2.53. The minimum Gasteiger partial charge on any atom is -0.463 e. The fraction of sp³-hybridized carbons (Fsp3) is 0.714. The first kappa shape index (κ1) is 17.7. The van der Waals surface area contributed by atoms with E-state index < -0.39 is 42.3 Å². The third-order valence-corrected chi connectivity index (χ3v) is 4.36. The van der Waals surface area contributed by atoms with Crippen LogP contribution in [0.15, 0.2) is 4.99 Å². The van der Waals surface area contributed by atoms with Crippen LogP contribution in [-0.2, 0) is 33.3 Å². The predicted molar refractivity (Wildman–Crippen MR) is 80.9 cm³/mol. The van der Waals surface area contributed by atoms with Gasteiger partial charge in [-0.05, 0) is 6.92 Å². The Hall–Kier alpha value is -1.61. The van der Waals surface area contributed by atoms with Crippen molar-refractivity contribution in [1.82, 2.24) is 0 Å². The second kappa shape index (κ2) is 7.31. The molecule has 0 amide bonds. The molecule has 1 unspecified atom stereocenters. The lowest BCUT2D eigenvalue weighted by Gasteiger charge is -2.41. The normalized spacial score (nSPS) is 32.5. The van der Waals surface area contributed by atoms with E-state index >= 15 is 0 Å². The van der Waals surface area contributed by atoms with Gasteiger partial charge in [-0.3, -0.25) is 19.4 Å². The molecule has 8 nitrogen and oxygen atoms in total. The maximum Gasteiger partial charge on any atom is 0.303 e. The van der Waals surface area contributed by atoms with Gasteiger partial charge >= 0.3 is 17.9 Å². The highest BCUT2D eigenvalue weighted by molar-refractivity contribution is 8.14. The van der Waals surface area contributed by atoms with Gasteiger partial charge in [0.2, 0.25) is 0 Å². The van der Waals surface area contributed by atoms with Crippen molar-refractivity contribution in [1.29, 1.82) is 0 Å². The minimum absolute atomic E-state index is 0.103. The van der Waals surface area contributed by atoms with E-state index in [1.807, 2.05) is 6.92 Å². The number of carbonyl (C=O) groups excluding carboxylic acids is 3. The number of ether oxygens (including phenoxy) is 4. The Morgan fingerprint density at radius 3 is 2.26 bits per heavy atom. The van der Waals surface area contributed by atoms with E-state index in [9.17, 15) is 14.4 Å². The topological polar surface area (TPSA) is 100 Å². The second-order valence-electron chi connectivity index (χ2n) is 5.25. The highest BCUT2D eigenvalue weighted by atomic mass is 32.2. The van der Waals surface area contributed by atoms with E-state index in [-0.39, 0.29) is 12.0 Å². The molecule has 1 fully saturated rings. The molecule has 0 aromatic rings. The van der Waals surface area contributed by atoms with E-state index in [0.717, 1.165) is 5.04 Å². The molecule has 0 saturated carbocycles. The fourth-order valence-corrected chi connectivity index (χ4v) is 3.60. The first-order chi connectivity index (χ1) is 10.8. The molecule has 2 aliphatic heterocycles. The van der Waals surface area contributed by atoms with Gasteiger partial charge in [-0.1, -0.05) is 11.8 Å². The third-order valence-electron chi connectivity index (χ3n) is 3.29. The van der Waals surface area contributed by atoms with Crippen LogP contribution < -0.4 is 0 Å². The Balaban J connectivity index is 2.26. The van der Waals surface area contributed by atoms with E-state index in [1.165, 1.54) is 32.5 Å². The largest absolute Gasteiger partial charge is 0.463 e. The standard InChI is InChI=1S/C14H19NO7S/c1-6-15-11-13(21-9(4)18)12(20-8(3)17)10(5-19-7(2)16)22-14(11)23-6/h10-14H,5H2,1-4H3/t10?,11-,12-,13-,14-/m1/s1. The van der Waals surface area contributed by atoms with Crippen molar-refractivity contribution in [3.05, 3.63) is 0 Å². The lowest BCUT2D eigenvalue weighted by Crippen LogP contribution is -2.59. The van der Waals surface area contributed by atoms with Gasteiger partial charge < -0.3 is 18.9 Å². The van der Waals surface area contributed by atoms with Crippen LogP contribution in [0, 0.1) is 0 Å². The van der Waals surface area contributed by atoms with E-state index in [2.05, 4.69) is 4.99 Å². The summed E-state index contributed by atoms with van der Waals surface area (Å²) in [4.78, 5) is 38.3. The average Bonchev–Trinajstić information content (AvgIpc) is 2.78. The summed E-state index contributed by atoms with van der Waals surface area (Å²) in [5.74, 6) is -1.54. The van der Waals surface area contributed by atoms with Crippen molar-refractivity contribution < 1.29 is 33.3 Å². The Morgan fingerprint density at radius 2 is 1.70 bits per heavy atom. The zero-order valence-corrected chi connectivity index (χ0v) is 14.1. The molecule has 23 heavy (non-hydrogen) atoms. The molecule has 0 spiro atoms. The summed E-state index contributed by atoms with van der Waals surface area (Å²) in [6.07, 6.45) is -2.42. The molecule has 2 heterocycles. The maximum atomic E-state index is 11.4. The lowest BCUT2D eigenvalue weighted by atomic mass is 9.98. The molecule has 2 aliphatic rings. The molecule has 0 N–H and O–H groups in total. The highest BCUT2D eigenvalue weighted by Gasteiger charge is 2.52. The summed E-state index contributed by atoms with van der Waals surface area (Å²) in [5.41, 5.74) is -0.383. The number of hydrogen-bond acceptors (Lipinski definition) is 9. The number of aliphatic imine (C=N–C) groups is 1. The molecule has 5 atom stereocenters. The maximum absolute atomic E-state index is 11.4. The van der Waals surface area contributed by atoms with Crippen LogP contribution >= 0.6 is 11.8 Å². The minimum atomic E-state index is -0.896. The third kappa shape index (κ3) is 4.44. The number of thioether (sulfide) groups is 1. The Morgan fingerprint density at radius 1 is 1.09 bits per heavy atom. The van der Waals surface area contributed by atoms with Gasteiger partial charge in [0.05, 0.1) is 5.04 Å². The molecule has 128 valence electrons. The van der Waals surface area contributed by atoms with Crippen molar-refractivity contribution in [2.24, 2.45) is 4.99 Å². The van der Waals surface area contributed by atoms with Gasteiger partial charge in [0.15, 0.2) is 12.2 Å².